The average molecular weight is 528 g/mol. The minimum atomic E-state index is -6.16. The lowest BCUT2D eigenvalue weighted by atomic mass is 9.72. The van der Waals surface area contributed by atoms with E-state index in [0.29, 0.717) is 37.0 Å². The van der Waals surface area contributed by atoms with E-state index in [1.54, 1.807) is 14.0 Å². The molecular weight excluding hydrogens is 503 g/mol. The van der Waals surface area contributed by atoms with Crippen LogP contribution in [0, 0.1) is 11.8 Å². The molecule has 0 amide bonds. The van der Waals surface area contributed by atoms with Crippen LogP contribution in [0.5, 0.6) is 0 Å². The fourth-order valence-electron chi connectivity index (χ4n) is 5.67. The molecule has 1 unspecified atom stereocenters. The van der Waals surface area contributed by atoms with Gasteiger partial charge in [-0.2, -0.15) is 31.4 Å². The van der Waals surface area contributed by atoms with E-state index in [1.165, 1.54) is 23.1 Å². The van der Waals surface area contributed by atoms with Crippen LogP contribution >= 0.6 is 0 Å². The molecule has 0 radical (unpaired) electrons. The number of hydrogen-bond acceptors (Lipinski definition) is 3. The van der Waals surface area contributed by atoms with E-state index in [4.69, 9.17) is 0 Å². The maximum Gasteiger partial charge on any atom is 0.435 e. The molecule has 2 aliphatic carbocycles. The van der Waals surface area contributed by atoms with Crippen molar-refractivity contribution >= 4 is 10.0 Å². The van der Waals surface area contributed by atoms with Crippen molar-refractivity contribution < 1.29 is 39.2 Å². The van der Waals surface area contributed by atoms with Crippen molar-refractivity contribution in [3.05, 3.63) is 47.3 Å². The highest BCUT2D eigenvalue weighted by Crippen LogP contribution is 2.55. The molecule has 13 heteroatoms. The van der Waals surface area contributed by atoms with Gasteiger partial charge in [0, 0.05) is 24.8 Å². The van der Waals surface area contributed by atoms with Crippen molar-refractivity contribution in [3.63, 3.8) is 0 Å². The minimum absolute atomic E-state index is 0.0136. The van der Waals surface area contributed by atoms with E-state index in [9.17, 15) is 39.2 Å². The molecular formula is C22H24F7N3O2S. The molecule has 0 aliphatic heterocycles. The zero-order valence-electron chi connectivity index (χ0n) is 18.8. The van der Waals surface area contributed by atoms with Crippen molar-refractivity contribution in [1.29, 1.82) is 0 Å². The Balaban J connectivity index is 1.57. The molecule has 1 fully saturated rings. The highest BCUT2D eigenvalue weighted by Gasteiger charge is 2.73. The Bertz CT molecular complexity index is 1190. The van der Waals surface area contributed by atoms with Gasteiger partial charge in [0.25, 0.3) is 0 Å². The largest absolute Gasteiger partial charge is 0.435 e. The average Bonchev–Trinajstić information content (AvgIpc) is 3.37. The van der Waals surface area contributed by atoms with E-state index in [2.05, 4.69) is 9.82 Å². The molecule has 2 aliphatic rings. The molecule has 4 rings (SSSR count). The van der Waals surface area contributed by atoms with Gasteiger partial charge in [-0.15, -0.1) is 0 Å². The zero-order valence-corrected chi connectivity index (χ0v) is 19.6. The summed E-state index contributed by atoms with van der Waals surface area (Å²) in [4.78, 5) is 0.0203. The Morgan fingerprint density at radius 3 is 2.29 bits per heavy atom. The van der Waals surface area contributed by atoms with Crippen molar-refractivity contribution in [1.82, 2.24) is 14.5 Å². The van der Waals surface area contributed by atoms with Gasteiger partial charge in [-0.05, 0) is 61.5 Å². The van der Waals surface area contributed by atoms with Gasteiger partial charge in [0.2, 0.25) is 10.0 Å². The van der Waals surface area contributed by atoms with Crippen LogP contribution < -0.4 is 4.72 Å². The van der Waals surface area contributed by atoms with Gasteiger partial charge in [0.15, 0.2) is 0 Å². The third kappa shape index (κ3) is 4.34. The Morgan fingerprint density at radius 2 is 1.71 bits per heavy atom. The molecule has 1 N–H and O–H groups in total. The number of rotatable bonds is 5. The van der Waals surface area contributed by atoms with Crippen molar-refractivity contribution in [2.24, 2.45) is 18.9 Å². The van der Waals surface area contributed by atoms with Crippen LogP contribution in [0.25, 0.3) is 0 Å². The quantitative estimate of drug-likeness (QED) is 0.549. The molecule has 2 aromatic rings. The number of fused-ring (bicyclic) bond motifs is 3. The highest BCUT2D eigenvalue weighted by molar-refractivity contribution is 7.89. The van der Waals surface area contributed by atoms with Crippen LogP contribution in [0.1, 0.15) is 48.8 Å². The minimum Gasteiger partial charge on any atom is -0.274 e. The zero-order chi connectivity index (χ0) is 26.0. The summed E-state index contributed by atoms with van der Waals surface area (Å²) in [5.74, 6) is -0.251. The van der Waals surface area contributed by atoms with Crippen LogP contribution in [-0.2, 0) is 29.2 Å². The smallest absolute Gasteiger partial charge is 0.274 e. The van der Waals surface area contributed by atoms with Crippen molar-refractivity contribution in [2.45, 2.75) is 67.5 Å². The first-order valence-corrected chi connectivity index (χ1v) is 12.5. The highest BCUT2D eigenvalue weighted by atomic mass is 32.2. The summed E-state index contributed by atoms with van der Waals surface area (Å²) in [5, 5.41) is 3.86. The molecule has 5 nitrogen and oxygen atoms in total. The molecule has 194 valence electrons. The first kappa shape index (κ1) is 25.9. The summed E-state index contributed by atoms with van der Waals surface area (Å²) in [5.41, 5.74) is -6.06. The van der Waals surface area contributed by atoms with Gasteiger partial charge in [0.05, 0.1) is 6.20 Å². The molecule has 4 atom stereocenters. The molecule has 1 aromatic heterocycles. The molecule has 0 spiro atoms. The van der Waals surface area contributed by atoms with Crippen molar-refractivity contribution in [2.75, 3.05) is 0 Å². The van der Waals surface area contributed by atoms with Gasteiger partial charge in [0.1, 0.15) is 4.90 Å². The second kappa shape index (κ2) is 8.46. The Kier molecular flexibility index (Phi) is 6.27. The summed E-state index contributed by atoms with van der Waals surface area (Å²) in [6.07, 6.45) is -7.87. The first-order valence-electron chi connectivity index (χ1n) is 11.0. The Hall–Kier alpha value is -2.15. The van der Waals surface area contributed by atoms with Gasteiger partial charge in [-0.1, -0.05) is 18.2 Å². The summed E-state index contributed by atoms with van der Waals surface area (Å²) in [7, 11) is -2.22. The summed E-state index contributed by atoms with van der Waals surface area (Å²) in [6, 6.07) is 1.98. The number of benzene rings is 1. The van der Waals surface area contributed by atoms with Gasteiger partial charge in [-0.3, -0.25) is 4.68 Å². The lowest BCUT2D eigenvalue weighted by Gasteiger charge is -2.35. The number of nitrogens with one attached hydrogen (secondary N) is 1. The summed E-state index contributed by atoms with van der Waals surface area (Å²) < 4.78 is 123. The Morgan fingerprint density at radius 1 is 1.06 bits per heavy atom. The lowest BCUT2D eigenvalue weighted by Crippen LogP contribution is -2.50. The number of halogens is 7. The SMILES string of the molecule is CC(NS(=O)(=O)c1cnn(C)c1)[C@@H]1CC[C@H]2c3ccc(C(F)(C(F)(F)F)C(F)(F)F)cc3CC[C@H]21. The van der Waals surface area contributed by atoms with E-state index in [-0.39, 0.29) is 34.6 Å². The summed E-state index contributed by atoms with van der Waals surface area (Å²) in [6.45, 7) is 1.74. The fourth-order valence-corrected chi connectivity index (χ4v) is 6.94. The van der Waals surface area contributed by atoms with E-state index >= 15 is 0 Å². The van der Waals surface area contributed by atoms with Crippen LogP contribution in [0.3, 0.4) is 0 Å². The standard InChI is InChI=1S/C22H24F7N3O2S/c1-12(31-35(33,34)15-10-30-32(2)11-15)16-7-8-19-17-6-4-14(9-13(17)3-5-18(16)19)20(23,21(24,25)26)22(27,28)29/h4,6,9-12,16,18-19,31H,3,5,7-8H2,1-2H3/t12?,16-,18-,19-/m0/s1. The van der Waals surface area contributed by atoms with Crippen molar-refractivity contribution in [3.8, 4) is 0 Å². The maximum atomic E-state index is 14.5. The third-order valence-electron chi connectivity index (χ3n) is 7.32. The second-order valence-corrected chi connectivity index (χ2v) is 11.1. The number of sulfonamides is 1. The number of aryl methyl sites for hydroxylation is 2. The molecule has 1 aromatic carbocycles. The predicted molar refractivity (Wildman–Crippen MR) is 112 cm³/mol. The maximum absolute atomic E-state index is 14.5. The molecule has 0 bridgehead atoms. The third-order valence-corrected chi connectivity index (χ3v) is 8.83. The van der Waals surface area contributed by atoms with E-state index in [0.717, 1.165) is 0 Å². The number of aromatic nitrogens is 2. The van der Waals surface area contributed by atoms with E-state index < -0.39 is 39.6 Å². The monoisotopic (exact) mass is 527 g/mol. The van der Waals surface area contributed by atoms with Crippen LogP contribution in [-0.4, -0.2) is 36.6 Å². The van der Waals surface area contributed by atoms with Gasteiger partial charge in [-0.25, -0.2) is 17.5 Å². The van der Waals surface area contributed by atoms with Gasteiger partial charge >= 0.3 is 18.0 Å². The van der Waals surface area contributed by atoms with Crippen LogP contribution in [0.4, 0.5) is 30.7 Å². The summed E-state index contributed by atoms with van der Waals surface area (Å²) >= 11 is 0. The molecule has 35 heavy (non-hydrogen) atoms. The van der Waals surface area contributed by atoms with Crippen LogP contribution in [0.2, 0.25) is 0 Å². The lowest BCUT2D eigenvalue weighted by molar-refractivity contribution is -0.348. The fraction of sp³-hybridized carbons (Fsp3) is 0.591. The molecule has 0 saturated heterocycles. The first-order chi connectivity index (χ1) is 16.1. The van der Waals surface area contributed by atoms with Gasteiger partial charge < -0.3 is 0 Å². The number of hydrogen-bond donors (Lipinski definition) is 1. The van der Waals surface area contributed by atoms with E-state index in [1.807, 2.05) is 0 Å². The number of alkyl halides is 7. The molecule has 1 saturated carbocycles. The Labute approximate surface area is 197 Å². The topological polar surface area (TPSA) is 64.0 Å². The predicted octanol–water partition coefficient (Wildman–Crippen LogP) is 5.13. The van der Waals surface area contributed by atoms with Crippen LogP contribution in [0.15, 0.2) is 35.5 Å². The number of nitrogens with zero attached hydrogens (tertiary/aromatic N) is 2. The normalized spacial score (nSPS) is 24.2. The second-order valence-electron chi connectivity index (χ2n) is 9.38. The molecule has 1 heterocycles.